The van der Waals surface area contributed by atoms with E-state index in [-0.39, 0.29) is 18.9 Å². The van der Waals surface area contributed by atoms with E-state index in [0.717, 1.165) is 5.56 Å². The van der Waals surface area contributed by atoms with Crippen molar-refractivity contribution in [2.45, 2.75) is 45.3 Å². The summed E-state index contributed by atoms with van der Waals surface area (Å²) in [7, 11) is 0. The Bertz CT molecular complexity index is 647. The number of hydrogen-bond donors (Lipinski definition) is 2. The van der Waals surface area contributed by atoms with Crippen molar-refractivity contribution in [3.63, 3.8) is 0 Å². The number of amides is 1. The molecule has 0 aromatic heterocycles. The molecule has 25 heavy (non-hydrogen) atoms. The number of benzene rings is 1. The van der Waals surface area contributed by atoms with Crippen molar-refractivity contribution < 1.29 is 28.9 Å². The van der Waals surface area contributed by atoms with Gasteiger partial charge in [0.2, 0.25) is 5.91 Å². The number of nitrogens with one attached hydrogen (secondary N) is 1. The molecule has 1 heterocycles. The summed E-state index contributed by atoms with van der Waals surface area (Å²) in [5.74, 6) is 0.167. The highest BCUT2D eigenvalue weighted by atomic mass is 16.6. The van der Waals surface area contributed by atoms with Crippen LogP contribution < -0.4 is 14.8 Å². The van der Waals surface area contributed by atoms with Gasteiger partial charge in [0.1, 0.15) is 18.8 Å². The fourth-order valence-electron chi connectivity index (χ4n) is 2.18. The van der Waals surface area contributed by atoms with Crippen LogP contribution in [0.2, 0.25) is 0 Å². The van der Waals surface area contributed by atoms with Crippen molar-refractivity contribution >= 4 is 11.9 Å². The normalized spacial score (nSPS) is 15.9. The lowest BCUT2D eigenvalue weighted by Crippen LogP contribution is -2.49. The standard InChI is InChI=1S/C18H25NO6/c1-17(2,3)25-16(21)18(4,22)11-19-15(20)10-12-5-6-13-14(9-12)24-8-7-23-13/h5-6,9,22H,7-8,10-11H2,1-4H3,(H,19,20)/t18-/m0/s1. The minimum atomic E-state index is -1.80. The summed E-state index contributed by atoms with van der Waals surface area (Å²) < 4.78 is 16.1. The second-order valence-electron chi connectivity index (χ2n) is 7.21. The molecule has 0 bridgehead atoms. The predicted octanol–water partition coefficient (Wildman–Crippen LogP) is 1.21. The van der Waals surface area contributed by atoms with Crippen LogP contribution in [0.25, 0.3) is 0 Å². The summed E-state index contributed by atoms with van der Waals surface area (Å²) in [5.41, 5.74) is -1.76. The van der Waals surface area contributed by atoms with Gasteiger partial charge in [-0.25, -0.2) is 4.79 Å². The Morgan fingerprint density at radius 3 is 2.44 bits per heavy atom. The molecule has 0 radical (unpaired) electrons. The van der Waals surface area contributed by atoms with Gasteiger partial charge in [0.15, 0.2) is 17.1 Å². The maximum Gasteiger partial charge on any atom is 0.340 e. The second kappa shape index (κ2) is 7.31. The molecule has 0 saturated carbocycles. The van der Waals surface area contributed by atoms with Crippen LogP contribution in [-0.2, 0) is 20.7 Å². The first-order chi connectivity index (χ1) is 11.6. The Kier molecular flexibility index (Phi) is 5.57. The fraction of sp³-hybridized carbons (Fsp3) is 0.556. The van der Waals surface area contributed by atoms with Gasteiger partial charge in [-0.15, -0.1) is 0 Å². The van der Waals surface area contributed by atoms with Crippen molar-refractivity contribution in [1.29, 1.82) is 0 Å². The second-order valence-corrected chi connectivity index (χ2v) is 7.21. The van der Waals surface area contributed by atoms with E-state index in [1.807, 2.05) is 0 Å². The maximum absolute atomic E-state index is 12.1. The molecule has 7 heteroatoms. The van der Waals surface area contributed by atoms with E-state index in [0.29, 0.717) is 24.7 Å². The van der Waals surface area contributed by atoms with Crippen LogP contribution in [0, 0.1) is 0 Å². The van der Waals surface area contributed by atoms with Crippen molar-refractivity contribution in [3.8, 4) is 11.5 Å². The molecule has 1 amide bonds. The van der Waals surface area contributed by atoms with Gasteiger partial charge in [0, 0.05) is 0 Å². The molecule has 1 atom stereocenters. The molecule has 138 valence electrons. The third-order valence-electron chi connectivity index (χ3n) is 3.44. The average molecular weight is 351 g/mol. The third kappa shape index (κ3) is 5.63. The number of carbonyl (C=O) groups excluding carboxylic acids is 2. The number of aliphatic hydroxyl groups is 1. The highest BCUT2D eigenvalue weighted by Crippen LogP contribution is 2.30. The van der Waals surface area contributed by atoms with E-state index >= 15 is 0 Å². The average Bonchev–Trinajstić information content (AvgIpc) is 2.51. The molecule has 0 aliphatic carbocycles. The number of hydrogen-bond acceptors (Lipinski definition) is 6. The molecule has 0 unspecified atom stereocenters. The number of carbonyl (C=O) groups is 2. The van der Waals surface area contributed by atoms with Gasteiger partial charge >= 0.3 is 5.97 Å². The molecule has 0 fully saturated rings. The number of fused-ring (bicyclic) bond motifs is 1. The van der Waals surface area contributed by atoms with Gasteiger partial charge in [0.05, 0.1) is 13.0 Å². The molecular formula is C18H25NO6. The van der Waals surface area contributed by atoms with Gasteiger partial charge in [-0.05, 0) is 45.4 Å². The monoisotopic (exact) mass is 351 g/mol. The Labute approximate surface area is 147 Å². The smallest absolute Gasteiger partial charge is 0.340 e. The lowest BCUT2D eigenvalue weighted by Gasteiger charge is -2.27. The highest BCUT2D eigenvalue weighted by molar-refractivity contribution is 5.82. The summed E-state index contributed by atoms with van der Waals surface area (Å²) in [5, 5.41) is 12.7. The molecule has 1 aromatic carbocycles. The molecular weight excluding hydrogens is 326 g/mol. The van der Waals surface area contributed by atoms with Crippen LogP contribution in [0.15, 0.2) is 18.2 Å². The highest BCUT2D eigenvalue weighted by Gasteiger charge is 2.35. The van der Waals surface area contributed by atoms with Crippen LogP contribution in [0.1, 0.15) is 33.3 Å². The van der Waals surface area contributed by atoms with E-state index in [1.165, 1.54) is 6.92 Å². The quantitative estimate of drug-likeness (QED) is 0.775. The van der Waals surface area contributed by atoms with E-state index in [1.54, 1.807) is 39.0 Å². The first-order valence-corrected chi connectivity index (χ1v) is 8.18. The third-order valence-corrected chi connectivity index (χ3v) is 3.44. The van der Waals surface area contributed by atoms with Crippen molar-refractivity contribution in [1.82, 2.24) is 5.32 Å². The SMILES string of the molecule is CC(C)(C)OC(=O)[C@@](C)(O)CNC(=O)Cc1ccc2c(c1)OCCO2. The summed E-state index contributed by atoms with van der Waals surface area (Å²) in [6.45, 7) is 7.19. The number of rotatable bonds is 5. The Balaban J connectivity index is 1.89. The Morgan fingerprint density at radius 1 is 1.16 bits per heavy atom. The minimum Gasteiger partial charge on any atom is -0.486 e. The molecule has 1 aliphatic rings. The Hall–Kier alpha value is -2.28. The van der Waals surface area contributed by atoms with Gasteiger partial charge in [0.25, 0.3) is 0 Å². The zero-order valence-electron chi connectivity index (χ0n) is 15.0. The predicted molar refractivity (Wildman–Crippen MR) is 90.6 cm³/mol. The molecule has 2 rings (SSSR count). The number of esters is 1. The summed E-state index contributed by atoms with van der Waals surface area (Å²) >= 11 is 0. The molecule has 7 nitrogen and oxygen atoms in total. The van der Waals surface area contributed by atoms with Gasteiger partial charge in [-0.3, -0.25) is 4.79 Å². The lowest BCUT2D eigenvalue weighted by atomic mass is 10.1. The Morgan fingerprint density at radius 2 is 1.80 bits per heavy atom. The van der Waals surface area contributed by atoms with Crippen LogP contribution in [0.4, 0.5) is 0 Å². The molecule has 0 saturated heterocycles. The van der Waals surface area contributed by atoms with Crippen LogP contribution in [0.3, 0.4) is 0 Å². The molecule has 1 aromatic rings. The lowest BCUT2D eigenvalue weighted by molar-refractivity contribution is -0.174. The first kappa shape index (κ1) is 19.1. The van der Waals surface area contributed by atoms with Crippen LogP contribution in [-0.4, -0.2) is 47.9 Å². The van der Waals surface area contributed by atoms with Crippen LogP contribution >= 0.6 is 0 Å². The van der Waals surface area contributed by atoms with Crippen LogP contribution in [0.5, 0.6) is 11.5 Å². The zero-order chi connectivity index (χ0) is 18.7. The maximum atomic E-state index is 12.1. The minimum absolute atomic E-state index is 0.0983. The number of ether oxygens (including phenoxy) is 3. The molecule has 1 aliphatic heterocycles. The van der Waals surface area contributed by atoms with E-state index in [4.69, 9.17) is 14.2 Å². The van der Waals surface area contributed by atoms with E-state index < -0.39 is 17.2 Å². The van der Waals surface area contributed by atoms with Gasteiger partial charge < -0.3 is 24.6 Å². The summed E-state index contributed by atoms with van der Waals surface area (Å²) in [6, 6.07) is 5.28. The zero-order valence-corrected chi connectivity index (χ0v) is 15.0. The first-order valence-electron chi connectivity index (χ1n) is 8.18. The van der Waals surface area contributed by atoms with E-state index in [9.17, 15) is 14.7 Å². The van der Waals surface area contributed by atoms with Crippen molar-refractivity contribution in [3.05, 3.63) is 23.8 Å². The van der Waals surface area contributed by atoms with Gasteiger partial charge in [-0.1, -0.05) is 6.07 Å². The largest absolute Gasteiger partial charge is 0.486 e. The van der Waals surface area contributed by atoms with E-state index in [2.05, 4.69) is 5.32 Å². The summed E-state index contributed by atoms with van der Waals surface area (Å²) in [6.07, 6.45) is 0.0983. The van der Waals surface area contributed by atoms with Crippen molar-refractivity contribution in [2.24, 2.45) is 0 Å². The topological polar surface area (TPSA) is 94.1 Å². The van der Waals surface area contributed by atoms with Crippen molar-refractivity contribution in [2.75, 3.05) is 19.8 Å². The molecule has 0 spiro atoms. The summed E-state index contributed by atoms with van der Waals surface area (Å²) in [4.78, 5) is 24.0. The molecule has 2 N–H and O–H groups in total. The van der Waals surface area contributed by atoms with Gasteiger partial charge in [-0.2, -0.15) is 0 Å². The fourth-order valence-corrected chi connectivity index (χ4v) is 2.18.